The lowest BCUT2D eigenvalue weighted by atomic mass is 10.2. The second kappa shape index (κ2) is 8.69. The number of nitrogens with one attached hydrogen (secondary N) is 1. The highest BCUT2D eigenvalue weighted by atomic mass is 35.5. The summed E-state index contributed by atoms with van der Waals surface area (Å²) in [6, 6.07) is 6.21. The van der Waals surface area contributed by atoms with E-state index in [9.17, 15) is 13.2 Å². The predicted molar refractivity (Wildman–Crippen MR) is 101 cm³/mol. The number of rotatable bonds is 4. The molecule has 8 heteroatoms. The molecule has 2 aliphatic heterocycles. The van der Waals surface area contributed by atoms with Gasteiger partial charge in [-0.15, -0.1) is 0 Å². The Labute approximate surface area is 160 Å². The average molecular weight is 401 g/mol. The SMILES string of the molecule is O=C(C[NH+]1CCCCCC1)N1CCN(S(=O)(=O)c2ccc(Cl)cc2)CC1. The van der Waals surface area contributed by atoms with Gasteiger partial charge in [-0.2, -0.15) is 4.31 Å². The van der Waals surface area contributed by atoms with Crippen molar-refractivity contribution in [3.63, 3.8) is 0 Å². The molecule has 2 saturated heterocycles. The van der Waals surface area contributed by atoms with Crippen LogP contribution in [0.2, 0.25) is 5.02 Å². The lowest BCUT2D eigenvalue weighted by Crippen LogP contribution is -3.13. The van der Waals surface area contributed by atoms with Crippen molar-refractivity contribution in [3.05, 3.63) is 29.3 Å². The Kier molecular flexibility index (Phi) is 6.55. The Hall–Kier alpha value is -1.15. The minimum Gasteiger partial charge on any atom is -0.335 e. The molecule has 26 heavy (non-hydrogen) atoms. The molecule has 0 unspecified atom stereocenters. The first-order valence-electron chi connectivity index (χ1n) is 9.34. The van der Waals surface area contributed by atoms with Crippen molar-refractivity contribution in [2.45, 2.75) is 30.6 Å². The third-order valence-corrected chi connectivity index (χ3v) is 7.42. The molecule has 0 aliphatic carbocycles. The van der Waals surface area contributed by atoms with Crippen LogP contribution >= 0.6 is 11.6 Å². The summed E-state index contributed by atoms with van der Waals surface area (Å²) in [4.78, 5) is 16.0. The van der Waals surface area contributed by atoms with Gasteiger partial charge in [0.05, 0.1) is 18.0 Å². The van der Waals surface area contributed by atoms with Crippen molar-refractivity contribution >= 4 is 27.5 Å². The molecule has 0 atom stereocenters. The van der Waals surface area contributed by atoms with Crippen LogP contribution < -0.4 is 4.90 Å². The molecule has 2 heterocycles. The van der Waals surface area contributed by atoms with Crippen molar-refractivity contribution in [1.82, 2.24) is 9.21 Å². The second-order valence-electron chi connectivity index (χ2n) is 7.08. The van der Waals surface area contributed by atoms with Crippen LogP contribution in [0.15, 0.2) is 29.2 Å². The first kappa shape index (κ1) is 19.6. The van der Waals surface area contributed by atoms with Gasteiger partial charge in [0.15, 0.2) is 6.54 Å². The summed E-state index contributed by atoms with van der Waals surface area (Å²) in [6.45, 7) is 4.26. The van der Waals surface area contributed by atoms with Gasteiger partial charge in [-0.3, -0.25) is 4.79 Å². The van der Waals surface area contributed by atoms with Gasteiger partial charge in [-0.1, -0.05) is 11.6 Å². The third kappa shape index (κ3) is 4.76. The maximum atomic E-state index is 12.7. The number of halogens is 1. The molecule has 1 aromatic carbocycles. The summed E-state index contributed by atoms with van der Waals surface area (Å²) < 4.78 is 26.9. The van der Waals surface area contributed by atoms with E-state index in [1.807, 2.05) is 4.90 Å². The van der Waals surface area contributed by atoms with Gasteiger partial charge in [0.2, 0.25) is 10.0 Å². The van der Waals surface area contributed by atoms with E-state index in [1.165, 1.54) is 47.0 Å². The maximum Gasteiger partial charge on any atom is 0.277 e. The second-order valence-corrected chi connectivity index (χ2v) is 9.45. The zero-order valence-corrected chi connectivity index (χ0v) is 16.6. The zero-order chi connectivity index (χ0) is 18.6. The van der Waals surface area contributed by atoms with E-state index in [-0.39, 0.29) is 10.8 Å². The molecular weight excluding hydrogens is 374 g/mol. The number of sulfonamides is 1. The highest BCUT2D eigenvalue weighted by molar-refractivity contribution is 7.89. The number of hydrogen-bond donors (Lipinski definition) is 1. The van der Waals surface area contributed by atoms with E-state index in [4.69, 9.17) is 11.6 Å². The largest absolute Gasteiger partial charge is 0.335 e. The fourth-order valence-electron chi connectivity index (χ4n) is 3.66. The van der Waals surface area contributed by atoms with Gasteiger partial charge >= 0.3 is 0 Å². The minimum absolute atomic E-state index is 0.144. The van der Waals surface area contributed by atoms with Gasteiger partial charge < -0.3 is 9.80 Å². The number of nitrogens with zero attached hydrogens (tertiary/aromatic N) is 2. The van der Waals surface area contributed by atoms with Crippen molar-refractivity contribution in [2.24, 2.45) is 0 Å². The highest BCUT2D eigenvalue weighted by Gasteiger charge is 2.31. The van der Waals surface area contributed by atoms with Crippen molar-refractivity contribution in [1.29, 1.82) is 0 Å². The van der Waals surface area contributed by atoms with Gasteiger partial charge in [0.1, 0.15) is 0 Å². The minimum atomic E-state index is -3.53. The Balaban J connectivity index is 1.54. The fraction of sp³-hybridized carbons (Fsp3) is 0.611. The molecule has 6 nitrogen and oxygen atoms in total. The van der Waals surface area contributed by atoms with Crippen LogP contribution in [0, 0.1) is 0 Å². The van der Waals surface area contributed by atoms with Crippen molar-refractivity contribution < 1.29 is 18.1 Å². The van der Waals surface area contributed by atoms with Crippen LogP contribution in [0.3, 0.4) is 0 Å². The fourth-order valence-corrected chi connectivity index (χ4v) is 5.21. The number of carbonyl (C=O) groups excluding carboxylic acids is 1. The molecule has 2 fully saturated rings. The van der Waals surface area contributed by atoms with Gasteiger partial charge in [0, 0.05) is 31.2 Å². The van der Waals surface area contributed by atoms with E-state index >= 15 is 0 Å². The summed E-state index contributed by atoms with van der Waals surface area (Å²) in [5.74, 6) is 0.144. The van der Waals surface area contributed by atoms with Crippen molar-refractivity contribution in [3.8, 4) is 0 Å². The average Bonchev–Trinajstić information content (AvgIpc) is 2.91. The monoisotopic (exact) mass is 400 g/mol. The number of amides is 1. The molecule has 0 saturated carbocycles. The molecule has 1 aromatic rings. The van der Waals surface area contributed by atoms with Gasteiger partial charge in [-0.05, 0) is 49.9 Å². The first-order valence-corrected chi connectivity index (χ1v) is 11.2. The van der Waals surface area contributed by atoms with Crippen LogP contribution in [-0.4, -0.2) is 69.3 Å². The normalized spacial score (nSPS) is 20.7. The van der Waals surface area contributed by atoms with E-state index in [1.54, 1.807) is 12.1 Å². The first-order chi connectivity index (χ1) is 12.5. The molecule has 1 amide bonds. The molecule has 0 bridgehead atoms. The van der Waals surface area contributed by atoms with E-state index < -0.39 is 10.0 Å². The zero-order valence-electron chi connectivity index (χ0n) is 15.0. The van der Waals surface area contributed by atoms with Crippen molar-refractivity contribution in [2.75, 3.05) is 45.8 Å². The molecule has 144 valence electrons. The Morgan fingerprint density at radius 2 is 1.54 bits per heavy atom. The van der Waals surface area contributed by atoms with E-state index in [2.05, 4.69) is 0 Å². The lowest BCUT2D eigenvalue weighted by molar-refractivity contribution is -0.891. The summed E-state index contributed by atoms with van der Waals surface area (Å²) in [6.07, 6.45) is 4.91. The number of quaternary nitrogens is 1. The standard InChI is InChI=1S/C18H26ClN3O3S/c19-16-5-7-17(8-6-16)26(24,25)22-13-11-21(12-14-22)18(23)15-20-9-3-1-2-4-10-20/h5-8H,1-4,9-15H2/p+1. The van der Waals surface area contributed by atoms with Gasteiger partial charge in [0.25, 0.3) is 5.91 Å². The van der Waals surface area contributed by atoms with Crippen LogP contribution in [-0.2, 0) is 14.8 Å². The predicted octanol–water partition coefficient (Wildman–Crippen LogP) is 0.632. The quantitative estimate of drug-likeness (QED) is 0.806. The lowest BCUT2D eigenvalue weighted by Gasteiger charge is -2.34. The van der Waals surface area contributed by atoms with Gasteiger partial charge in [-0.25, -0.2) is 8.42 Å². The number of likely N-dealkylation sites (tertiary alicyclic amines) is 1. The van der Waals surface area contributed by atoms with E-state index in [0.29, 0.717) is 37.7 Å². The number of carbonyl (C=O) groups is 1. The number of piperazine rings is 1. The number of benzene rings is 1. The Bertz CT molecular complexity index is 708. The molecule has 0 radical (unpaired) electrons. The summed E-state index contributed by atoms with van der Waals surface area (Å²) in [7, 11) is -3.53. The van der Waals surface area contributed by atoms with Crippen LogP contribution in [0.4, 0.5) is 0 Å². The maximum absolute atomic E-state index is 12.7. The third-order valence-electron chi connectivity index (χ3n) is 5.25. The smallest absolute Gasteiger partial charge is 0.277 e. The topological polar surface area (TPSA) is 62.1 Å². The molecule has 0 aromatic heterocycles. The van der Waals surface area contributed by atoms with Crippen LogP contribution in [0.5, 0.6) is 0 Å². The van der Waals surface area contributed by atoms with Crippen LogP contribution in [0.1, 0.15) is 25.7 Å². The molecular formula is C18H27ClN3O3S+. The number of hydrogen-bond acceptors (Lipinski definition) is 3. The highest BCUT2D eigenvalue weighted by Crippen LogP contribution is 2.19. The molecule has 0 spiro atoms. The molecule has 2 aliphatic rings. The summed E-state index contributed by atoms with van der Waals surface area (Å²) in [5, 5.41) is 0.510. The molecule has 3 rings (SSSR count). The Morgan fingerprint density at radius 3 is 2.12 bits per heavy atom. The summed E-state index contributed by atoms with van der Waals surface area (Å²) >= 11 is 5.84. The van der Waals surface area contributed by atoms with E-state index in [0.717, 1.165) is 13.1 Å². The molecule has 1 N–H and O–H groups in total. The summed E-state index contributed by atoms with van der Waals surface area (Å²) in [5.41, 5.74) is 0. The Morgan fingerprint density at radius 1 is 0.962 bits per heavy atom. The van der Waals surface area contributed by atoms with Crippen LogP contribution in [0.25, 0.3) is 0 Å².